The van der Waals surface area contributed by atoms with Gasteiger partial charge in [-0.25, -0.2) is 0 Å². The van der Waals surface area contributed by atoms with E-state index < -0.39 is 0 Å². The van der Waals surface area contributed by atoms with E-state index in [1.807, 2.05) is 11.8 Å². The summed E-state index contributed by atoms with van der Waals surface area (Å²) in [5.74, 6) is 0.0890. The molecule has 16 heavy (non-hydrogen) atoms. The summed E-state index contributed by atoms with van der Waals surface area (Å²) in [5, 5.41) is 2.96. The van der Waals surface area contributed by atoms with Crippen LogP contribution in [0.15, 0.2) is 0 Å². The van der Waals surface area contributed by atoms with Crippen molar-refractivity contribution >= 4 is 23.5 Å². The molecule has 92 valence electrons. The average molecular weight is 243 g/mol. The minimum atomic E-state index is 0.00975. The van der Waals surface area contributed by atoms with Crippen LogP contribution in [0.1, 0.15) is 45.4 Å². The highest BCUT2D eigenvalue weighted by Crippen LogP contribution is 2.39. The van der Waals surface area contributed by atoms with Crippen molar-refractivity contribution in [1.82, 2.24) is 5.32 Å². The third kappa shape index (κ3) is 4.16. The van der Waals surface area contributed by atoms with Gasteiger partial charge in [0.1, 0.15) is 5.78 Å². The molecule has 1 N–H and O–H groups in total. The van der Waals surface area contributed by atoms with Gasteiger partial charge in [-0.2, -0.15) is 11.8 Å². The van der Waals surface area contributed by atoms with E-state index in [-0.39, 0.29) is 16.4 Å². The Bertz CT molecular complexity index is 260. The zero-order valence-corrected chi connectivity index (χ0v) is 11.0. The second kappa shape index (κ2) is 6.28. The van der Waals surface area contributed by atoms with Crippen molar-refractivity contribution < 1.29 is 9.59 Å². The van der Waals surface area contributed by atoms with E-state index in [1.54, 1.807) is 0 Å². The van der Waals surface area contributed by atoms with Crippen molar-refractivity contribution in [2.75, 3.05) is 12.8 Å². The molecular weight excluding hydrogens is 222 g/mol. The van der Waals surface area contributed by atoms with Gasteiger partial charge in [-0.15, -0.1) is 0 Å². The standard InChI is InChI=1S/C12H21NO2S/c1-10(14)5-6-11(15)13-9-12(16-2)7-3-4-8-12/h3-9H2,1-2H3,(H,13,15). The molecular formula is C12H21NO2S. The first-order chi connectivity index (χ1) is 7.58. The molecule has 1 rings (SSSR count). The fourth-order valence-electron chi connectivity index (χ4n) is 2.11. The zero-order chi connectivity index (χ0) is 12.0. The molecule has 0 aromatic carbocycles. The maximum absolute atomic E-state index is 11.5. The van der Waals surface area contributed by atoms with E-state index in [2.05, 4.69) is 11.6 Å². The molecule has 0 aromatic rings. The Morgan fingerprint density at radius 2 is 1.88 bits per heavy atom. The van der Waals surface area contributed by atoms with Gasteiger partial charge in [0.25, 0.3) is 0 Å². The predicted molar refractivity (Wildman–Crippen MR) is 67.6 cm³/mol. The molecule has 0 unspecified atom stereocenters. The van der Waals surface area contributed by atoms with Crippen LogP contribution >= 0.6 is 11.8 Å². The Hall–Kier alpha value is -0.510. The maximum Gasteiger partial charge on any atom is 0.220 e. The average Bonchev–Trinajstić information content (AvgIpc) is 2.73. The number of ketones is 1. The van der Waals surface area contributed by atoms with Gasteiger partial charge >= 0.3 is 0 Å². The zero-order valence-electron chi connectivity index (χ0n) is 10.2. The van der Waals surface area contributed by atoms with Crippen LogP contribution in [0, 0.1) is 0 Å². The summed E-state index contributed by atoms with van der Waals surface area (Å²) < 4.78 is 0.256. The second-order valence-corrected chi connectivity index (χ2v) is 5.85. The van der Waals surface area contributed by atoms with Crippen molar-refractivity contribution in [3.63, 3.8) is 0 Å². The lowest BCUT2D eigenvalue weighted by Gasteiger charge is -2.26. The van der Waals surface area contributed by atoms with Crippen molar-refractivity contribution in [3.8, 4) is 0 Å². The number of Topliss-reactive ketones (excluding diaryl/α,β-unsaturated/α-hetero) is 1. The second-order valence-electron chi connectivity index (χ2n) is 4.57. The normalized spacial score (nSPS) is 18.4. The Morgan fingerprint density at radius 1 is 1.25 bits per heavy atom. The van der Waals surface area contributed by atoms with Crippen LogP contribution in [-0.2, 0) is 9.59 Å². The lowest BCUT2D eigenvalue weighted by atomic mass is 10.1. The monoisotopic (exact) mass is 243 g/mol. The minimum Gasteiger partial charge on any atom is -0.355 e. The van der Waals surface area contributed by atoms with Gasteiger partial charge in [-0.3, -0.25) is 4.79 Å². The highest BCUT2D eigenvalue weighted by molar-refractivity contribution is 8.00. The van der Waals surface area contributed by atoms with Gasteiger partial charge in [-0.1, -0.05) is 12.8 Å². The number of hydrogen-bond acceptors (Lipinski definition) is 3. The largest absolute Gasteiger partial charge is 0.355 e. The number of carbonyl (C=O) groups is 2. The van der Waals surface area contributed by atoms with Crippen LogP contribution in [0.3, 0.4) is 0 Å². The first-order valence-electron chi connectivity index (χ1n) is 5.89. The molecule has 0 spiro atoms. The van der Waals surface area contributed by atoms with E-state index in [1.165, 1.54) is 32.6 Å². The van der Waals surface area contributed by atoms with Crippen LogP contribution < -0.4 is 5.32 Å². The molecule has 1 aliphatic carbocycles. The Morgan fingerprint density at radius 3 is 2.38 bits per heavy atom. The first-order valence-corrected chi connectivity index (χ1v) is 7.12. The quantitative estimate of drug-likeness (QED) is 0.777. The number of carbonyl (C=O) groups excluding carboxylic acids is 2. The van der Waals surface area contributed by atoms with Crippen molar-refractivity contribution in [2.24, 2.45) is 0 Å². The van der Waals surface area contributed by atoms with Gasteiger partial charge in [0.2, 0.25) is 5.91 Å². The summed E-state index contributed by atoms with van der Waals surface area (Å²) >= 11 is 1.86. The molecule has 1 saturated carbocycles. The molecule has 0 aromatic heterocycles. The summed E-state index contributed by atoms with van der Waals surface area (Å²) in [7, 11) is 0. The molecule has 0 aliphatic heterocycles. The van der Waals surface area contributed by atoms with E-state index in [0.29, 0.717) is 12.8 Å². The van der Waals surface area contributed by atoms with Gasteiger partial charge in [-0.05, 0) is 26.0 Å². The van der Waals surface area contributed by atoms with Gasteiger partial charge in [0.05, 0.1) is 0 Å². The van der Waals surface area contributed by atoms with Crippen LogP contribution in [0.2, 0.25) is 0 Å². The van der Waals surface area contributed by atoms with E-state index >= 15 is 0 Å². The van der Waals surface area contributed by atoms with Gasteiger partial charge in [0, 0.05) is 24.1 Å². The molecule has 0 radical (unpaired) electrons. The summed E-state index contributed by atoms with van der Waals surface area (Å²) in [4.78, 5) is 22.2. The van der Waals surface area contributed by atoms with Crippen molar-refractivity contribution in [3.05, 3.63) is 0 Å². The van der Waals surface area contributed by atoms with Crippen LogP contribution in [0.4, 0.5) is 0 Å². The first kappa shape index (κ1) is 13.6. The SMILES string of the molecule is CSC1(CNC(=O)CCC(C)=O)CCCC1. The van der Waals surface area contributed by atoms with E-state index in [4.69, 9.17) is 0 Å². The Kier molecular flexibility index (Phi) is 5.32. The lowest BCUT2D eigenvalue weighted by Crippen LogP contribution is -2.38. The summed E-state index contributed by atoms with van der Waals surface area (Å²) in [5.41, 5.74) is 0. The molecule has 0 saturated heterocycles. The van der Waals surface area contributed by atoms with Crippen molar-refractivity contribution in [1.29, 1.82) is 0 Å². The molecule has 1 aliphatic rings. The van der Waals surface area contributed by atoms with Crippen LogP contribution in [0.5, 0.6) is 0 Å². The van der Waals surface area contributed by atoms with Gasteiger partial charge in [0.15, 0.2) is 0 Å². The van der Waals surface area contributed by atoms with Crippen LogP contribution in [0.25, 0.3) is 0 Å². The summed E-state index contributed by atoms with van der Waals surface area (Å²) in [6.45, 7) is 2.28. The number of hydrogen-bond donors (Lipinski definition) is 1. The molecule has 0 bridgehead atoms. The molecule has 0 atom stereocenters. The molecule has 4 heteroatoms. The van der Waals surface area contributed by atoms with Gasteiger partial charge < -0.3 is 10.1 Å². The predicted octanol–water partition coefficient (Wildman–Crippen LogP) is 2.15. The minimum absolute atomic E-state index is 0.00975. The Labute approximate surface area is 102 Å². The number of rotatable bonds is 6. The number of thioether (sulfide) groups is 1. The topological polar surface area (TPSA) is 46.2 Å². The van der Waals surface area contributed by atoms with Crippen LogP contribution in [-0.4, -0.2) is 29.2 Å². The summed E-state index contributed by atoms with van der Waals surface area (Å²) in [6.07, 6.45) is 7.74. The fraction of sp³-hybridized carbons (Fsp3) is 0.833. The third-order valence-electron chi connectivity index (χ3n) is 3.26. The Balaban J connectivity index is 2.27. The fourth-order valence-corrected chi connectivity index (χ4v) is 3.02. The van der Waals surface area contributed by atoms with E-state index in [9.17, 15) is 9.59 Å². The van der Waals surface area contributed by atoms with E-state index in [0.717, 1.165) is 6.54 Å². The molecule has 3 nitrogen and oxygen atoms in total. The third-order valence-corrected chi connectivity index (χ3v) is 4.68. The highest BCUT2D eigenvalue weighted by Gasteiger charge is 2.32. The summed E-state index contributed by atoms with van der Waals surface area (Å²) in [6, 6.07) is 0. The molecule has 1 amide bonds. The molecule has 1 fully saturated rings. The maximum atomic E-state index is 11.5. The smallest absolute Gasteiger partial charge is 0.220 e. The highest BCUT2D eigenvalue weighted by atomic mass is 32.2. The van der Waals surface area contributed by atoms with Crippen molar-refractivity contribution in [2.45, 2.75) is 50.2 Å². The lowest BCUT2D eigenvalue weighted by molar-refractivity contribution is -0.124. The molecule has 0 heterocycles. The number of amides is 1. The number of nitrogens with one attached hydrogen (secondary N) is 1.